The molecule has 53 heavy (non-hydrogen) atoms. The van der Waals surface area contributed by atoms with Crippen molar-refractivity contribution in [1.82, 2.24) is 19.8 Å². The summed E-state index contributed by atoms with van der Waals surface area (Å²) in [6, 6.07) is 10.7. The Labute approximate surface area is 310 Å². The Kier molecular flexibility index (Phi) is 10.5. The number of thiazole rings is 1. The van der Waals surface area contributed by atoms with Crippen LogP contribution in [0.25, 0.3) is 10.9 Å². The monoisotopic (exact) mass is 761 g/mol. The minimum Gasteiger partial charge on any atom is -0.478 e. The standard InChI is InChI=1S/C34H36N10O7S2/c1-34(2,32(49)50)51-41-24(22-17-53-33(37)39-22)28(45)40-25-29(46)44-26(31(47)48)21(16-52-30(25)44)15-42-11-8-23-20(14-42)7-12-43(23)13-18-3-5-19(6-4-18)27(36)38-10-9-35/h3-8,11-12,14,17,25,30H,9-10,13,15-16,35H2,1-2H3,(H6-,36,37,38,39,40,45,47,48,49,50)/p+1/t25-,30-/m1/s1. The topological polar surface area (TPSA) is 258 Å². The average Bonchev–Trinajstić information content (AvgIpc) is 3.74. The average molecular weight is 762 g/mol. The number of carboxylic acids is 2. The molecule has 0 radical (unpaired) electrons. The fourth-order valence-electron chi connectivity index (χ4n) is 5.72. The van der Waals surface area contributed by atoms with Gasteiger partial charge in [0.15, 0.2) is 29.8 Å². The number of benzene rings is 1. The third-order valence-electron chi connectivity index (χ3n) is 8.55. The number of thioether (sulfide) groups is 1. The molecular weight excluding hydrogens is 725 g/mol. The van der Waals surface area contributed by atoms with Crippen molar-refractivity contribution in [3.63, 3.8) is 0 Å². The smallest absolute Gasteiger partial charge is 0.352 e. The molecule has 5 heterocycles. The summed E-state index contributed by atoms with van der Waals surface area (Å²) in [5.74, 6) is -3.35. The molecule has 276 valence electrons. The number of pyridine rings is 1. The van der Waals surface area contributed by atoms with Crippen molar-refractivity contribution in [2.45, 2.75) is 44.0 Å². The van der Waals surface area contributed by atoms with Gasteiger partial charge in [0, 0.05) is 47.6 Å². The minimum absolute atomic E-state index is 0.0215. The van der Waals surface area contributed by atoms with Crippen LogP contribution in [0.2, 0.25) is 0 Å². The maximum absolute atomic E-state index is 13.4. The largest absolute Gasteiger partial charge is 0.478 e. The predicted molar refractivity (Wildman–Crippen MR) is 198 cm³/mol. The van der Waals surface area contributed by atoms with Gasteiger partial charge in [-0.3, -0.25) is 19.5 Å². The van der Waals surface area contributed by atoms with Gasteiger partial charge < -0.3 is 42.1 Å². The van der Waals surface area contributed by atoms with Gasteiger partial charge in [0.2, 0.25) is 5.60 Å². The van der Waals surface area contributed by atoms with E-state index in [0.717, 1.165) is 33.4 Å². The van der Waals surface area contributed by atoms with Crippen molar-refractivity contribution in [1.29, 1.82) is 0 Å². The number of aromatic nitrogens is 3. The number of fused-ring (bicyclic) bond motifs is 2. The molecule has 17 nitrogen and oxygen atoms in total. The zero-order valence-corrected chi connectivity index (χ0v) is 30.3. The van der Waals surface area contributed by atoms with Crippen LogP contribution in [-0.2, 0) is 37.1 Å². The quantitative estimate of drug-likeness (QED) is 0.0341. The molecule has 0 unspecified atom stereocenters. The number of amidine groups is 1. The summed E-state index contributed by atoms with van der Waals surface area (Å²) in [5, 5.41) is 27.8. The molecule has 0 spiro atoms. The molecule has 4 aromatic rings. The lowest BCUT2D eigenvalue weighted by Gasteiger charge is -2.49. The molecule has 1 saturated heterocycles. The Morgan fingerprint density at radius 2 is 1.92 bits per heavy atom. The fraction of sp³-hybridized carbons (Fsp3) is 0.294. The number of oxime groups is 1. The van der Waals surface area contributed by atoms with Crippen molar-refractivity contribution in [2.75, 3.05) is 24.6 Å². The van der Waals surface area contributed by atoms with Crippen LogP contribution < -0.4 is 27.1 Å². The lowest BCUT2D eigenvalue weighted by molar-refractivity contribution is -0.687. The number of nitrogens with two attached hydrogens (primary N) is 3. The van der Waals surface area contributed by atoms with Gasteiger partial charge in [-0.25, -0.2) is 19.1 Å². The predicted octanol–water partition coefficient (Wildman–Crippen LogP) is 0.703. The van der Waals surface area contributed by atoms with Crippen molar-refractivity contribution in [3.8, 4) is 0 Å². The van der Waals surface area contributed by atoms with Gasteiger partial charge in [-0.1, -0.05) is 29.4 Å². The number of carboxylic acid groups (broad SMARTS) is 2. The summed E-state index contributed by atoms with van der Waals surface area (Å²) in [5.41, 5.74) is 18.4. The summed E-state index contributed by atoms with van der Waals surface area (Å²) in [7, 11) is 0. The number of carbonyl (C=O) groups excluding carboxylic acids is 2. The number of amides is 2. The van der Waals surface area contributed by atoms with Crippen LogP contribution >= 0.6 is 23.1 Å². The first kappa shape index (κ1) is 37.0. The number of nitrogens with one attached hydrogen (secondary N) is 1. The van der Waals surface area contributed by atoms with E-state index >= 15 is 0 Å². The second kappa shape index (κ2) is 15.1. The fourth-order valence-corrected chi connectivity index (χ4v) is 7.60. The summed E-state index contributed by atoms with van der Waals surface area (Å²) in [6.07, 6.45) is 5.77. The molecule has 2 atom stereocenters. The van der Waals surface area contributed by atoms with Crippen molar-refractivity contribution < 1.29 is 38.8 Å². The van der Waals surface area contributed by atoms with E-state index in [0.29, 0.717) is 31.0 Å². The van der Waals surface area contributed by atoms with Crippen molar-refractivity contribution >= 4 is 74.4 Å². The van der Waals surface area contributed by atoms with Crippen molar-refractivity contribution in [2.24, 2.45) is 21.6 Å². The zero-order valence-electron chi connectivity index (χ0n) is 28.6. The lowest BCUT2D eigenvalue weighted by atomic mass is 10.0. The number of carbonyl (C=O) groups is 4. The molecular formula is C34H37N10O7S2+. The highest BCUT2D eigenvalue weighted by Gasteiger charge is 2.55. The van der Waals surface area contributed by atoms with Crippen LogP contribution in [0, 0.1) is 0 Å². The number of β-lactam (4-membered cyclic amide) rings is 1. The molecule has 2 aliphatic heterocycles. The normalized spacial score (nSPS) is 17.8. The molecule has 9 N–H and O–H groups in total. The Balaban J connectivity index is 1.16. The summed E-state index contributed by atoms with van der Waals surface area (Å²) in [4.78, 5) is 65.5. The molecule has 6 rings (SSSR count). The summed E-state index contributed by atoms with van der Waals surface area (Å²) >= 11 is 2.34. The third kappa shape index (κ3) is 7.71. The highest BCUT2D eigenvalue weighted by molar-refractivity contribution is 8.00. The van der Waals surface area contributed by atoms with E-state index in [4.69, 9.17) is 22.0 Å². The number of anilines is 1. The maximum Gasteiger partial charge on any atom is 0.352 e. The molecule has 0 aliphatic carbocycles. The molecule has 1 aromatic carbocycles. The minimum atomic E-state index is -1.77. The number of hydrogen-bond acceptors (Lipinski definition) is 12. The second-order valence-corrected chi connectivity index (χ2v) is 14.7. The third-order valence-corrected chi connectivity index (χ3v) is 10.6. The Morgan fingerprint density at radius 1 is 1.17 bits per heavy atom. The van der Waals surface area contributed by atoms with Crippen LogP contribution in [-0.4, -0.2) is 95.8 Å². The first-order chi connectivity index (χ1) is 25.3. The Morgan fingerprint density at radius 3 is 2.58 bits per heavy atom. The van der Waals surface area contributed by atoms with E-state index in [-0.39, 0.29) is 34.5 Å². The second-order valence-electron chi connectivity index (χ2n) is 12.7. The highest BCUT2D eigenvalue weighted by atomic mass is 32.2. The van der Waals surface area contributed by atoms with Crippen LogP contribution in [0.15, 0.2) is 81.8 Å². The van der Waals surface area contributed by atoms with E-state index in [9.17, 15) is 29.4 Å². The van der Waals surface area contributed by atoms with E-state index in [1.807, 2.05) is 59.6 Å². The van der Waals surface area contributed by atoms with E-state index in [1.165, 1.54) is 35.9 Å². The number of aliphatic imine (C=N–C) groups is 1. The van der Waals surface area contributed by atoms with Crippen molar-refractivity contribution in [3.05, 3.63) is 88.5 Å². The van der Waals surface area contributed by atoms with E-state index in [1.54, 1.807) is 0 Å². The number of nitrogen functional groups attached to an aromatic ring is 1. The zero-order chi connectivity index (χ0) is 38.0. The molecule has 0 saturated carbocycles. The molecule has 19 heteroatoms. The Bertz CT molecular complexity index is 2190. The number of aliphatic carboxylic acids is 2. The van der Waals surface area contributed by atoms with Crippen LogP contribution in [0.5, 0.6) is 0 Å². The van der Waals surface area contributed by atoms with Gasteiger partial charge in [-0.05, 0) is 25.5 Å². The van der Waals surface area contributed by atoms with E-state index < -0.39 is 40.8 Å². The molecule has 2 amide bonds. The van der Waals surface area contributed by atoms with Gasteiger partial charge in [-0.2, -0.15) is 0 Å². The summed E-state index contributed by atoms with van der Waals surface area (Å²) in [6.45, 7) is 4.23. The number of nitrogens with zero attached hydrogens (tertiary/aromatic N) is 6. The maximum atomic E-state index is 13.4. The van der Waals surface area contributed by atoms with Gasteiger partial charge in [0.1, 0.15) is 28.6 Å². The molecule has 0 bridgehead atoms. The first-order valence-corrected chi connectivity index (χ1v) is 18.2. The first-order valence-electron chi connectivity index (χ1n) is 16.3. The lowest BCUT2D eigenvalue weighted by Crippen LogP contribution is -2.71. The molecule has 2 aliphatic rings. The summed E-state index contributed by atoms with van der Waals surface area (Å²) < 4.78 is 3.98. The van der Waals surface area contributed by atoms with Crippen LogP contribution in [0.3, 0.4) is 0 Å². The number of hydrogen-bond donors (Lipinski definition) is 6. The SMILES string of the molecule is CC(C)(ON=C(C(=O)N[C@@H]1C(=O)N2C(C(=O)O)=C(C[n+]3ccc4c(ccn4Cc4ccc(C(N)=NCCN)cc4)c3)CS[C@H]12)c1csc(N)n1)C(=O)O. The Hall–Kier alpha value is -5.79. The molecule has 1 fully saturated rings. The van der Waals surface area contributed by atoms with Gasteiger partial charge in [0.25, 0.3) is 11.8 Å². The van der Waals surface area contributed by atoms with Crippen LogP contribution in [0.4, 0.5) is 5.13 Å². The number of rotatable bonds is 14. The van der Waals surface area contributed by atoms with Crippen LogP contribution in [0.1, 0.15) is 30.7 Å². The molecule has 3 aromatic heterocycles. The van der Waals surface area contributed by atoms with E-state index in [2.05, 4.69) is 25.0 Å². The van der Waals surface area contributed by atoms with Gasteiger partial charge >= 0.3 is 11.9 Å². The van der Waals surface area contributed by atoms with Gasteiger partial charge in [0.05, 0.1) is 17.4 Å². The van der Waals surface area contributed by atoms with Gasteiger partial charge in [-0.15, -0.1) is 23.1 Å². The highest BCUT2D eigenvalue weighted by Crippen LogP contribution is 2.40.